The zero-order valence-electron chi connectivity index (χ0n) is 27.9. The third kappa shape index (κ3) is 8.85. The molecule has 0 saturated heterocycles. The number of benzene rings is 4. The number of nitrogens with one attached hydrogen (secondary N) is 1. The molecule has 1 unspecified atom stereocenters. The van der Waals surface area contributed by atoms with Gasteiger partial charge >= 0.3 is 0 Å². The molecular weight excluding hydrogens is 642 g/mol. The fourth-order valence-electron chi connectivity index (χ4n) is 6.19. The van der Waals surface area contributed by atoms with Gasteiger partial charge in [0.05, 0.1) is 10.6 Å². The number of nitrogens with zero attached hydrogens (tertiary/aromatic N) is 2. The molecule has 0 bridgehead atoms. The highest BCUT2D eigenvalue weighted by atomic mass is 35.5. The van der Waals surface area contributed by atoms with Crippen molar-refractivity contribution in [3.63, 3.8) is 0 Å². The molecule has 0 heterocycles. The number of carbonyl (C=O) groups is 2. The Bertz CT molecular complexity index is 1810. The molecule has 1 fully saturated rings. The molecule has 0 aliphatic heterocycles. The molecule has 0 aromatic heterocycles. The van der Waals surface area contributed by atoms with Crippen molar-refractivity contribution in [2.45, 2.75) is 82.8 Å². The van der Waals surface area contributed by atoms with Crippen LogP contribution in [0.1, 0.15) is 59.9 Å². The van der Waals surface area contributed by atoms with E-state index in [1.807, 2.05) is 68.4 Å². The first-order chi connectivity index (χ1) is 23.0. The van der Waals surface area contributed by atoms with Gasteiger partial charge in [0, 0.05) is 24.0 Å². The van der Waals surface area contributed by atoms with Crippen LogP contribution in [0.4, 0.5) is 5.69 Å². The fourth-order valence-corrected chi connectivity index (χ4v) is 7.83. The van der Waals surface area contributed by atoms with Crippen molar-refractivity contribution in [3.05, 3.63) is 130 Å². The first kappa shape index (κ1) is 35.2. The molecule has 5 rings (SSSR count). The molecule has 1 saturated carbocycles. The molecule has 1 N–H and O–H groups in total. The molecular formula is C39H44ClN3O4S. The summed E-state index contributed by atoms with van der Waals surface area (Å²) in [6, 6.07) is 28.1. The van der Waals surface area contributed by atoms with Gasteiger partial charge in [0.2, 0.25) is 11.8 Å². The normalized spacial score (nSPS) is 14.2. The minimum Gasteiger partial charge on any atom is -0.352 e. The number of halogens is 1. The lowest BCUT2D eigenvalue weighted by Crippen LogP contribution is -2.55. The number of sulfonamides is 1. The Labute approximate surface area is 290 Å². The van der Waals surface area contributed by atoms with Crippen molar-refractivity contribution in [2.24, 2.45) is 0 Å². The van der Waals surface area contributed by atoms with Crippen LogP contribution in [0.15, 0.2) is 102 Å². The summed E-state index contributed by atoms with van der Waals surface area (Å²) in [4.78, 5) is 30.6. The molecule has 4 aromatic carbocycles. The van der Waals surface area contributed by atoms with Crippen LogP contribution in [0.3, 0.4) is 0 Å². The molecule has 9 heteroatoms. The zero-order valence-corrected chi connectivity index (χ0v) is 29.4. The van der Waals surface area contributed by atoms with E-state index in [9.17, 15) is 18.0 Å². The summed E-state index contributed by atoms with van der Waals surface area (Å²) in [7, 11) is -4.22. The van der Waals surface area contributed by atoms with E-state index in [2.05, 4.69) is 5.32 Å². The predicted octanol–water partition coefficient (Wildman–Crippen LogP) is 7.55. The van der Waals surface area contributed by atoms with Gasteiger partial charge in [-0.05, 0) is 74.6 Å². The highest BCUT2D eigenvalue weighted by Crippen LogP contribution is 2.30. The van der Waals surface area contributed by atoms with Crippen molar-refractivity contribution in [2.75, 3.05) is 10.8 Å². The van der Waals surface area contributed by atoms with Gasteiger partial charge in [-0.15, -0.1) is 0 Å². The van der Waals surface area contributed by atoms with E-state index >= 15 is 0 Å². The standard InChI is InChI=1S/C39H44ClN3O4S/c1-28-14-19-32(20-15-28)26-42(37(24-31-10-6-4-7-11-31)39(45)41-34-12-8-5-9-13-34)38(44)27-43(36-25-33(40)21-18-30(36)3)48(46,47)35-22-16-29(2)17-23-35/h4,6-7,10-11,14-23,25,34,37H,5,8-9,12-13,24,26-27H2,1-3H3,(H,41,45). The maximum atomic E-state index is 14.8. The number of hydrogen-bond acceptors (Lipinski definition) is 4. The van der Waals surface area contributed by atoms with Crippen LogP contribution < -0.4 is 9.62 Å². The highest BCUT2D eigenvalue weighted by Gasteiger charge is 2.36. The predicted molar refractivity (Wildman–Crippen MR) is 193 cm³/mol. The van der Waals surface area contributed by atoms with Gasteiger partial charge in [0.15, 0.2) is 0 Å². The topological polar surface area (TPSA) is 86.8 Å². The third-order valence-corrected chi connectivity index (χ3v) is 11.0. The van der Waals surface area contributed by atoms with Crippen LogP contribution in [0.25, 0.3) is 0 Å². The second-order valence-corrected chi connectivity index (χ2v) is 15.1. The van der Waals surface area contributed by atoms with Crippen LogP contribution in [0.5, 0.6) is 0 Å². The lowest BCUT2D eigenvalue weighted by molar-refractivity contribution is -0.140. The third-order valence-electron chi connectivity index (χ3n) is 9.02. The molecule has 0 spiro atoms. The van der Waals surface area contributed by atoms with Gasteiger partial charge in [-0.25, -0.2) is 8.42 Å². The summed E-state index contributed by atoms with van der Waals surface area (Å²) < 4.78 is 29.8. The maximum Gasteiger partial charge on any atom is 0.264 e. The van der Waals surface area contributed by atoms with Crippen molar-refractivity contribution >= 4 is 39.1 Å². The van der Waals surface area contributed by atoms with E-state index in [0.717, 1.165) is 58.7 Å². The summed E-state index contributed by atoms with van der Waals surface area (Å²) in [5, 5.41) is 3.60. The average molecular weight is 686 g/mol. The molecule has 2 amide bonds. The number of rotatable bonds is 12. The van der Waals surface area contributed by atoms with E-state index < -0.39 is 28.5 Å². The minimum absolute atomic E-state index is 0.0355. The van der Waals surface area contributed by atoms with E-state index in [1.54, 1.807) is 54.3 Å². The van der Waals surface area contributed by atoms with Crippen molar-refractivity contribution in [3.8, 4) is 0 Å². The zero-order chi connectivity index (χ0) is 34.3. The van der Waals surface area contributed by atoms with Gasteiger partial charge < -0.3 is 10.2 Å². The van der Waals surface area contributed by atoms with Crippen LogP contribution in [0, 0.1) is 20.8 Å². The Morgan fingerprint density at radius 3 is 2.08 bits per heavy atom. The molecule has 0 radical (unpaired) electrons. The molecule has 252 valence electrons. The molecule has 1 atom stereocenters. The molecule has 4 aromatic rings. The molecule has 7 nitrogen and oxygen atoms in total. The smallest absolute Gasteiger partial charge is 0.264 e. The summed E-state index contributed by atoms with van der Waals surface area (Å²) in [6.45, 7) is 5.26. The van der Waals surface area contributed by atoms with Crippen LogP contribution in [-0.2, 0) is 32.6 Å². The molecule has 48 heavy (non-hydrogen) atoms. The van der Waals surface area contributed by atoms with E-state index in [0.29, 0.717) is 16.3 Å². The first-order valence-corrected chi connectivity index (χ1v) is 18.4. The number of anilines is 1. The SMILES string of the molecule is Cc1ccc(CN(C(=O)CN(c2cc(Cl)ccc2C)S(=O)(=O)c2ccc(C)cc2)C(Cc2ccccc2)C(=O)NC2CCCCC2)cc1. The maximum absolute atomic E-state index is 14.8. The van der Waals surface area contributed by atoms with Gasteiger partial charge in [0.25, 0.3) is 10.0 Å². The van der Waals surface area contributed by atoms with Crippen molar-refractivity contribution in [1.82, 2.24) is 10.2 Å². The Morgan fingerprint density at radius 1 is 0.812 bits per heavy atom. The second kappa shape index (κ2) is 15.8. The van der Waals surface area contributed by atoms with Crippen LogP contribution in [0.2, 0.25) is 5.02 Å². The highest BCUT2D eigenvalue weighted by molar-refractivity contribution is 7.92. The van der Waals surface area contributed by atoms with Crippen LogP contribution >= 0.6 is 11.6 Å². The van der Waals surface area contributed by atoms with Crippen molar-refractivity contribution in [1.29, 1.82) is 0 Å². The Kier molecular flexibility index (Phi) is 11.6. The number of amides is 2. The van der Waals surface area contributed by atoms with E-state index in [1.165, 1.54) is 0 Å². The molecule has 1 aliphatic carbocycles. The lowest BCUT2D eigenvalue weighted by atomic mass is 9.94. The minimum atomic E-state index is -4.22. The largest absolute Gasteiger partial charge is 0.352 e. The second-order valence-electron chi connectivity index (χ2n) is 12.8. The van der Waals surface area contributed by atoms with Crippen LogP contribution in [-0.4, -0.2) is 43.8 Å². The summed E-state index contributed by atoms with van der Waals surface area (Å²) in [6.07, 6.45) is 5.30. The van der Waals surface area contributed by atoms with Crippen molar-refractivity contribution < 1.29 is 18.0 Å². The van der Waals surface area contributed by atoms with Gasteiger partial charge in [0.1, 0.15) is 12.6 Å². The number of aryl methyl sites for hydroxylation is 3. The Hall–Kier alpha value is -4.14. The van der Waals surface area contributed by atoms with Gasteiger partial charge in [-0.2, -0.15) is 0 Å². The summed E-state index contributed by atoms with van der Waals surface area (Å²) in [5.74, 6) is -0.733. The Balaban J connectivity index is 1.58. The summed E-state index contributed by atoms with van der Waals surface area (Å²) >= 11 is 6.40. The monoisotopic (exact) mass is 685 g/mol. The number of carbonyl (C=O) groups excluding carboxylic acids is 2. The number of hydrogen-bond donors (Lipinski definition) is 1. The van der Waals surface area contributed by atoms with Gasteiger partial charge in [-0.1, -0.05) is 115 Å². The molecule has 1 aliphatic rings. The summed E-state index contributed by atoms with van der Waals surface area (Å²) in [5.41, 5.74) is 4.66. The fraction of sp³-hybridized carbons (Fsp3) is 0.333. The average Bonchev–Trinajstić information content (AvgIpc) is 3.08. The quantitative estimate of drug-likeness (QED) is 0.167. The van der Waals surface area contributed by atoms with E-state index in [4.69, 9.17) is 11.6 Å². The van der Waals surface area contributed by atoms with Gasteiger partial charge in [-0.3, -0.25) is 13.9 Å². The first-order valence-electron chi connectivity index (χ1n) is 16.6. The Morgan fingerprint density at radius 2 is 1.44 bits per heavy atom. The van der Waals surface area contributed by atoms with E-state index in [-0.39, 0.29) is 29.8 Å². The lowest BCUT2D eigenvalue weighted by Gasteiger charge is -2.35.